The summed E-state index contributed by atoms with van der Waals surface area (Å²) in [6.45, 7) is 3.57. The van der Waals surface area contributed by atoms with Crippen LogP contribution in [0.4, 0.5) is 0 Å². The molecule has 0 aliphatic heterocycles. The largest absolute Gasteiger partial charge is 0.399 e. The molecule has 2 N–H and O–H groups in total. The summed E-state index contributed by atoms with van der Waals surface area (Å²) in [6, 6.07) is 9.77. The van der Waals surface area contributed by atoms with Gasteiger partial charge in [0.15, 0.2) is 0 Å². The molecule has 0 atom stereocenters. The molecule has 0 fully saturated rings. The van der Waals surface area contributed by atoms with E-state index < -0.39 is 0 Å². The second-order valence-corrected chi connectivity index (χ2v) is 2.03. The Morgan fingerprint density at radius 1 is 1.30 bits per heavy atom. The molecule has 1 rings (SSSR count). The van der Waals surface area contributed by atoms with E-state index in [2.05, 4.69) is 6.92 Å². The minimum absolute atomic E-state index is 0.723. The number of hydrogen-bond acceptors (Lipinski definition) is 1. The van der Waals surface area contributed by atoms with E-state index in [-0.39, 0.29) is 0 Å². The molecule has 0 aliphatic rings. The Morgan fingerprint density at radius 2 is 1.90 bits per heavy atom. The van der Waals surface area contributed by atoms with Crippen molar-refractivity contribution in [1.29, 1.82) is 0 Å². The van der Waals surface area contributed by atoms with Crippen molar-refractivity contribution in [1.82, 2.24) is 0 Å². The number of nitrogens with two attached hydrogens (primary N) is 1. The van der Waals surface area contributed by atoms with Crippen molar-refractivity contribution < 1.29 is 0 Å². The van der Waals surface area contributed by atoms with E-state index in [1.807, 2.05) is 30.3 Å². The molecule has 1 nitrogen and oxygen atoms in total. The second-order valence-electron chi connectivity index (χ2n) is 2.03. The third-order valence-electron chi connectivity index (χ3n) is 1.33. The van der Waals surface area contributed by atoms with Crippen LogP contribution in [0.1, 0.15) is 5.56 Å². The monoisotopic (exact) mass is 132 g/mol. The van der Waals surface area contributed by atoms with Crippen LogP contribution in [0.3, 0.4) is 0 Å². The maximum absolute atomic E-state index is 5.59. The van der Waals surface area contributed by atoms with Crippen LogP contribution >= 0.6 is 0 Å². The second kappa shape index (κ2) is 3.06. The molecule has 0 saturated heterocycles. The molecule has 1 aromatic rings. The first-order valence-electron chi connectivity index (χ1n) is 3.15. The first kappa shape index (κ1) is 6.87. The molecule has 1 heteroatoms. The molecule has 1 radical (unpaired) electrons. The van der Waals surface area contributed by atoms with Gasteiger partial charge in [0.2, 0.25) is 0 Å². The van der Waals surface area contributed by atoms with Gasteiger partial charge in [-0.2, -0.15) is 0 Å². The molecule has 0 unspecified atom stereocenters. The fourth-order valence-corrected chi connectivity index (χ4v) is 0.748. The van der Waals surface area contributed by atoms with E-state index in [9.17, 15) is 0 Å². The third-order valence-corrected chi connectivity index (χ3v) is 1.33. The maximum Gasteiger partial charge on any atom is 0.0347 e. The average Bonchev–Trinajstić information content (AvgIpc) is 2.05. The standard InChI is InChI=1S/C9H10N/c1-2-9(10)8-6-4-3-5-7-8/h2-7H,1,10H2/b9-2-. The van der Waals surface area contributed by atoms with Gasteiger partial charge in [-0.05, 0) is 12.5 Å². The van der Waals surface area contributed by atoms with E-state index >= 15 is 0 Å². The van der Waals surface area contributed by atoms with Crippen LogP contribution in [-0.4, -0.2) is 0 Å². The molecule has 10 heavy (non-hydrogen) atoms. The highest BCUT2D eigenvalue weighted by Crippen LogP contribution is 2.05. The Kier molecular flexibility index (Phi) is 2.11. The molecule has 0 heterocycles. The van der Waals surface area contributed by atoms with Crippen LogP contribution in [0, 0.1) is 6.92 Å². The molecule has 51 valence electrons. The van der Waals surface area contributed by atoms with Crippen molar-refractivity contribution in [2.45, 2.75) is 0 Å². The summed E-state index contributed by atoms with van der Waals surface area (Å²) in [5.74, 6) is 0. The predicted molar refractivity (Wildman–Crippen MR) is 44.0 cm³/mol. The highest BCUT2D eigenvalue weighted by atomic mass is 14.6. The Balaban J connectivity index is 2.96. The zero-order valence-corrected chi connectivity index (χ0v) is 5.75. The van der Waals surface area contributed by atoms with Gasteiger partial charge in [0, 0.05) is 5.70 Å². The van der Waals surface area contributed by atoms with Crippen molar-refractivity contribution in [3.05, 3.63) is 48.9 Å². The maximum atomic E-state index is 5.59. The van der Waals surface area contributed by atoms with E-state index in [0.717, 1.165) is 11.3 Å². The van der Waals surface area contributed by atoms with Crippen molar-refractivity contribution in [2.75, 3.05) is 0 Å². The summed E-state index contributed by atoms with van der Waals surface area (Å²) in [4.78, 5) is 0. The van der Waals surface area contributed by atoms with Gasteiger partial charge in [-0.15, -0.1) is 0 Å². The van der Waals surface area contributed by atoms with E-state index in [1.54, 1.807) is 6.08 Å². The Morgan fingerprint density at radius 3 is 2.40 bits per heavy atom. The highest BCUT2D eigenvalue weighted by Gasteiger charge is 1.89. The summed E-state index contributed by atoms with van der Waals surface area (Å²) >= 11 is 0. The van der Waals surface area contributed by atoms with Crippen LogP contribution in [0.15, 0.2) is 36.4 Å². The normalized spacial score (nSPS) is 11.5. The lowest BCUT2D eigenvalue weighted by Gasteiger charge is -1.97. The molecule has 0 aliphatic carbocycles. The number of hydrogen-bond donors (Lipinski definition) is 1. The van der Waals surface area contributed by atoms with Crippen molar-refractivity contribution in [2.24, 2.45) is 5.73 Å². The third kappa shape index (κ3) is 1.38. The molecular formula is C9H10N. The summed E-state index contributed by atoms with van der Waals surface area (Å²) in [5.41, 5.74) is 7.34. The SMILES string of the molecule is [CH2]/C=C(\N)c1ccccc1. The number of benzene rings is 1. The van der Waals surface area contributed by atoms with Gasteiger partial charge >= 0.3 is 0 Å². The van der Waals surface area contributed by atoms with E-state index in [1.165, 1.54) is 0 Å². The van der Waals surface area contributed by atoms with Crippen molar-refractivity contribution in [3.63, 3.8) is 0 Å². The predicted octanol–water partition coefficient (Wildman–Crippen LogP) is 1.82. The van der Waals surface area contributed by atoms with Crippen LogP contribution in [-0.2, 0) is 0 Å². The smallest absolute Gasteiger partial charge is 0.0347 e. The molecule has 1 aromatic carbocycles. The molecular weight excluding hydrogens is 122 g/mol. The minimum Gasteiger partial charge on any atom is -0.399 e. The number of rotatable bonds is 1. The molecule has 0 saturated carbocycles. The molecule has 0 amide bonds. The Hall–Kier alpha value is -1.24. The summed E-state index contributed by atoms with van der Waals surface area (Å²) in [5, 5.41) is 0. The summed E-state index contributed by atoms with van der Waals surface area (Å²) < 4.78 is 0. The van der Waals surface area contributed by atoms with Crippen molar-refractivity contribution >= 4 is 5.70 Å². The topological polar surface area (TPSA) is 26.0 Å². The molecule has 0 spiro atoms. The summed E-state index contributed by atoms with van der Waals surface area (Å²) in [7, 11) is 0. The average molecular weight is 132 g/mol. The van der Waals surface area contributed by atoms with Crippen LogP contribution in [0.2, 0.25) is 0 Å². The van der Waals surface area contributed by atoms with Crippen LogP contribution < -0.4 is 5.73 Å². The highest BCUT2D eigenvalue weighted by molar-refractivity contribution is 5.62. The van der Waals surface area contributed by atoms with Gasteiger partial charge in [0.25, 0.3) is 0 Å². The first-order valence-corrected chi connectivity index (χ1v) is 3.15. The fraction of sp³-hybridized carbons (Fsp3) is 0. The lowest BCUT2D eigenvalue weighted by molar-refractivity contribution is 1.52. The quantitative estimate of drug-likeness (QED) is 0.619. The summed E-state index contributed by atoms with van der Waals surface area (Å²) in [6.07, 6.45) is 1.65. The van der Waals surface area contributed by atoms with Gasteiger partial charge in [0.05, 0.1) is 0 Å². The van der Waals surface area contributed by atoms with Gasteiger partial charge in [0.1, 0.15) is 0 Å². The van der Waals surface area contributed by atoms with Gasteiger partial charge in [-0.1, -0.05) is 36.4 Å². The minimum atomic E-state index is 0.723. The zero-order chi connectivity index (χ0) is 7.40. The first-order chi connectivity index (χ1) is 4.84. The van der Waals surface area contributed by atoms with E-state index in [0.29, 0.717) is 0 Å². The van der Waals surface area contributed by atoms with Gasteiger partial charge < -0.3 is 5.73 Å². The number of allylic oxidation sites excluding steroid dienone is 1. The lowest BCUT2D eigenvalue weighted by atomic mass is 10.2. The Labute approximate surface area is 61.2 Å². The lowest BCUT2D eigenvalue weighted by Crippen LogP contribution is -1.93. The van der Waals surface area contributed by atoms with E-state index in [4.69, 9.17) is 5.73 Å². The van der Waals surface area contributed by atoms with Crippen molar-refractivity contribution in [3.8, 4) is 0 Å². The van der Waals surface area contributed by atoms with Crippen LogP contribution in [0.25, 0.3) is 5.70 Å². The molecule has 0 bridgehead atoms. The Bertz CT molecular complexity index is 224. The van der Waals surface area contributed by atoms with Crippen LogP contribution in [0.5, 0.6) is 0 Å². The fourth-order valence-electron chi connectivity index (χ4n) is 0.748. The molecule has 0 aromatic heterocycles. The van der Waals surface area contributed by atoms with Gasteiger partial charge in [-0.25, -0.2) is 0 Å². The zero-order valence-electron chi connectivity index (χ0n) is 5.75. The van der Waals surface area contributed by atoms with Gasteiger partial charge in [-0.3, -0.25) is 0 Å².